The standard InChI is InChI=1S/C37H44N4O2/c1-24-20-25(2)36(26(3)21-24)41-32-13-9-8-12-30(32)35-31(22-27(4)40-37(35)41)39-19-18-38-17-16-28-14-15-33(34(23-28)42-5)43-29-10-6-7-11-29/h8-9,12-15,20-23,29,38H,6-7,10-11,16-19H2,1-5H3,(H,39,40). The predicted molar refractivity (Wildman–Crippen MR) is 178 cm³/mol. The van der Waals surface area contributed by atoms with Crippen LogP contribution in [0, 0.1) is 27.7 Å². The number of rotatable bonds is 11. The van der Waals surface area contributed by atoms with Gasteiger partial charge in [0, 0.05) is 29.9 Å². The number of nitrogens with zero attached hydrogens (tertiary/aromatic N) is 2. The lowest BCUT2D eigenvalue weighted by Gasteiger charge is -2.17. The average Bonchev–Trinajstić information content (AvgIpc) is 3.61. The summed E-state index contributed by atoms with van der Waals surface area (Å²) in [7, 11) is 1.73. The number of anilines is 1. The Balaban J connectivity index is 1.15. The smallest absolute Gasteiger partial charge is 0.161 e. The van der Waals surface area contributed by atoms with Gasteiger partial charge < -0.3 is 20.1 Å². The Morgan fingerprint density at radius 2 is 1.63 bits per heavy atom. The lowest BCUT2D eigenvalue weighted by Crippen LogP contribution is -2.24. The van der Waals surface area contributed by atoms with Crippen molar-refractivity contribution in [3.63, 3.8) is 0 Å². The quantitative estimate of drug-likeness (QED) is 0.156. The zero-order chi connectivity index (χ0) is 29.9. The molecule has 0 bridgehead atoms. The molecule has 6 rings (SSSR count). The second-order valence-electron chi connectivity index (χ2n) is 12.0. The van der Waals surface area contributed by atoms with Crippen molar-refractivity contribution < 1.29 is 9.47 Å². The normalized spacial score (nSPS) is 13.7. The molecule has 2 N–H and O–H groups in total. The molecular formula is C37H44N4O2. The number of benzene rings is 3. The number of methoxy groups -OCH3 is 1. The molecule has 2 aromatic heterocycles. The van der Waals surface area contributed by atoms with E-state index in [1.54, 1.807) is 7.11 Å². The molecule has 0 saturated heterocycles. The Bertz CT molecular complexity index is 1730. The molecule has 5 aromatic rings. The Kier molecular flexibility index (Phi) is 8.57. The molecule has 6 nitrogen and oxygen atoms in total. The molecule has 0 aliphatic heterocycles. The third-order valence-electron chi connectivity index (χ3n) is 8.65. The Labute approximate surface area is 255 Å². The van der Waals surface area contributed by atoms with Crippen LogP contribution in [-0.2, 0) is 6.42 Å². The molecule has 0 amide bonds. The van der Waals surface area contributed by atoms with Crippen LogP contribution < -0.4 is 20.1 Å². The minimum Gasteiger partial charge on any atom is -0.493 e. The highest BCUT2D eigenvalue weighted by molar-refractivity contribution is 6.13. The summed E-state index contributed by atoms with van der Waals surface area (Å²) in [5.74, 6) is 1.70. The minimum atomic E-state index is 0.326. The van der Waals surface area contributed by atoms with Gasteiger partial charge in [-0.1, -0.05) is 42.0 Å². The maximum atomic E-state index is 6.21. The van der Waals surface area contributed by atoms with Gasteiger partial charge in [0.05, 0.1) is 29.8 Å². The van der Waals surface area contributed by atoms with Gasteiger partial charge in [-0.05, 0) is 107 Å². The highest BCUT2D eigenvalue weighted by atomic mass is 16.5. The average molecular weight is 577 g/mol. The molecule has 0 unspecified atom stereocenters. The number of ether oxygens (including phenoxy) is 2. The van der Waals surface area contributed by atoms with E-state index in [0.29, 0.717) is 6.10 Å². The maximum absolute atomic E-state index is 6.21. The van der Waals surface area contributed by atoms with Crippen LogP contribution in [0.3, 0.4) is 0 Å². The van der Waals surface area contributed by atoms with Crippen molar-refractivity contribution in [2.75, 3.05) is 32.1 Å². The van der Waals surface area contributed by atoms with E-state index in [1.807, 2.05) is 0 Å². The number of nitrogens with one attached hydrogen (secondary N) is 2. The number of aromatic nitrogens is 2. The Morgan fingerprint density at radius 3 is 2.40 bits per heavy atom. The lowest BCUT2D eigenvalue weighted by molar-refractivity contribution is 0.200. The summed E-state index contributed by atoms with van der Waals surface area (Å²) in [6.45, 7) is 11.2. The second kappa shape index (κ2) is 12.7. The lowest BCUT2D eigenvalue weighted by atomic mass is 10.0. The molecule has 1 aliphatic rings. The fraction of sp³-hybridized carbons (Fsp3) is 0.378. The molecule has 1 saturated carbocycles. The van der Waals surface area contributed by atoms with Crippen LogP contribution in [0.15, 0.2) is 60.7 Å². The van der Waals surface area contributed by atoms with Crippen molar-refractivity contribution in [3.8, 4) is 17.2 Å². The first-order valence-electron chi connectivity index (χ1n) is 15.7. The van der Waals surface area contributed by atoms with Crippen LogP contribution in [0.5, 0.6) is 11.5 Å². The zero-order valence-corrected chi connectivity index (χ0v) is 26.2. The summed E-state index contributed by atoms with van der Waals surface area (Å²) in [6, 6.07) is 21.7. The molecule has 0 atom stereocenters. The van der Waals surface area contributed by atoms with E-state index in [4.69, 9.17) is 14.5 Å². The molecule has 224 valence electrons. The summed E-state index contributed by atoms with van der Waals surface area (Å²) in [5, 5.41) is 9.73. The van der Waals surface area contributed by atoms with Crippen LogP contribution in [0.4, 0.5) is 5.69 Å². The van der Waals surface area contributed by atoms with Gasteiger partial charge in [0.15, 0.2) is 11.5 Å². The summed E-state index contributed by atoms with van der Waals surface area (Å²) in [5.41, 5.74) is 10.6. The topological polar surface area (TPSA) is 60.3 Å². The van der Waals surface area contributed by atoms with Gasteiger partial charge in [-0.25, -0.2) is 4.98 Å². The van der Waals surface area contributed by atoms with E-state index in [1.165, 1.54) is 57.1 Å². The fourth-order valence-electron chi connectivity index (χ4n) is 6.76. The number of hydrogen-bond acceptors (Lipinski definition) is 5. The molecule has 0 radical (unpaired) electrons. The number of pyridine rings is 1. The van der Waals surface area contributed by atoms with Crippen molar-refractivity contribution in [3.05, 3.63) is 88.6 Å². The first-order valence-corrected chi connectivity index (χ1v) is 15.7. The van der Waals surface area contributed by atoms with Gasteiger partial charge in [0.2, 0.25) is 0 Å². The molecule has 0 spiro atoms. The summed E-state index contributed by atoms with van der Waals surface area (Å²) in [4.78, 5) is 5.08. The summed E-state index contributed by atoms with van der Waals surface area (Å²) < 4.78 is 14.2. The predicted octanol–water partition coefficient (Wildman–Crippen LogP) is 7.99. The van der Waals surface area contributed by atoms with Crippen molar-refractivity contribution in [1.82, 2.24) is 14.9 Å². The van der Waals surface area contributed by atoms with Crippen molar-refractivity contribution in [1.29, 1.82) is 0 Å². The van der Waals surface area contributed by atoms with Crippen molar-refractivity contribution in [2.45, 2.75) is 65.9 Å². The number of para-hydroxylation sites is 1. The van der Waals surface area contributed by atoms with E-state index >= 15 is 0 Å². The maximum Gasteiger partial charge on any atom is 0.161 e. The van der Waals surface area contributed by atoms with Crippen LogP contribution in [0.2, 0.25) is 0 Å². The highest BCUT2D eigenvalue weighted by Gasteiger charge is 2.20. The van der Waals surface area contributed by atoms with Gasteiger partial charge in [0.25, 0.3) is 0 Å². The van der Waals surface area contributed by atoms with Gasteiger partial charge in [0.1, 0.15) is 5.65 Å². The van der Waals surface area contributed by atoms with E-state index in [2.05, 4.69) is 104 Å². The van der Waals surface area contributed by atoms with E-state index in [9.17, 15) is 0 Å². The van der Waals surface area contributed by atoms with Crippen LogP contribution >= 0.6 is 0 Å². The third-order valence-corrected chi connectivity index (χ3v) is 8.65. The zero-order valence-electron chi connectivity index (χ0n) is 26.2. The molecular weight excluding hydrogens is 532 g/mol. The van der Waals surface area contributed by atoms with Gasteiger partial charge in [-0.3, -0.25) is 4.57 Å². The monoisotopic (exact) mass is 576 g/mol. The van der Waals surface area contributed by atoms with Crippen molar-refractivity contribution in [2.24, 2.45) is 0 Å². The van der Waals surface area contributed by atoms with Gasteiger partial charge >= 0.3 is 0 Å². The van der Waals surface area contributed by atoms with E-state index in [0.717, 1.165) is 67.4 Å². The number of aryl methyl sites for hydroxylation is 4. The van der Waals surface area contributed by atoms with E-state index in [-0.39, 0.29) is 0 Å². The molecule has 1 fully saturated rings. The molecule has 1 aliphatic carbocycles. The molecule has 2 heterocycles. The molecule has 43 heavy (non-hydrogen) atoms. The first-order chi connectivity index (χ1) is 20.9. The minimum absolute atomic E-state index is 0.326. The third kappa shape index (κ3) is 6.07. The largest absolute Gasteiger partial charge is 0.493 e. The Morgan fingerprint density at radius 1 is 0.860 bits per heavy atom. The second-order valence-corrected chi connectivity index (χ2v) is 12.0. The number of hydrogen-bond donors (Lipinski definition) is 2. The fourth-order valence-corrected chi connectivity index (χ4v) is 6.76. The summed E-state index contributed by atoms with van der Waals surface area (Å²) >= 11 is 0. The van der Waals surface area contributed by atoms with Gasteiger partial charge in [-0.2, -0.15) is 0 Å². The molecule has 6 heteroatoms. The Hall–Kier alpha value is -4.03. The number of fused-ring (bicyclic) bond motifs is 3. The first kappa shape index (κ1) is 29.1. The van der Waals surface area contributed by atoms with Gasteiger partial charge in [-0.15, -0.1) is 0 Å². The van der Waals surface area contributed by atoms with Crippen molar-refractivity contribution >= 4 is 27.6 Å². The molecule has 3 aromatic carbocycles. The SMILES string of the molecule is COc1cc(CCNCCNc2cc(C)nc3c2c2ccccc2n3-c2c(C)cc(C)cc2C)ccc1OC1CCCC1. The van der Waals surface area contributed by atoms with E-state index < -0.39 is 0 Å². The van der Waals surface area contributed by atoms with Crippen LogP contribution in [0.25, 0.3) is 27.6 Å². The van der Waals surface area contributed by atoms with Crippen LogP contribution in [0.1, 0.15) is 53.6 Å². The highest BCUT2D eigenvalue weighted by Crippen LogP contribution is 2.38. The summed E-state index contributed by atoms with van der Waals surface area (Å²) in [6.07, 6.45) is 6.05. The van der Waals surface area contributed by atoms with Crippen LogP contribution in [-0.4, -0.2) is 42.4 Å².